The zero-order valence-electron chi connectivity index (χ0n) is 14.4. The highest BCUT2D eigenvalue weighted by molar-refractivity contribution is 5.98. The number of morpholine rings is 1. The maximum Gasteiger partial charge on any atom is 0.200 e. The lowest BCUT2D eigenvalue weighted by molar-refractivity contribution is 0.0378. The van der Waals surface area contributed by atoms with E-state index in [0.29, 0.717) is 16.8 Å². The van der Waals surface area contributed by atoms with Crippen LogP contribution in [0.5, 0.6) is 5.88 Å². The molecule has 4 rings (SSSR count). The number of aromatic hydroxyl groups is 1. The van der Waals surface area contributed by atoms with E-state index in [2.05, 4.69) is 15.2 Å². The molecule has 0 radical (unpaired) electrons. The first-order valence-electron chi connectivity index (χ1n) is 8.84. The van der Waals surface area contributed by atoms with Crippen LogP contribution < -0.4 is 5.32 Å². The van der Waals surface area contributed by atoms with Gasteiger partial charge in [-0.05, 0) is 31.2 Å². The molecule has 0 aliphatic carbocycles. The third kappa shape index (κ3) is 3.54. The number of rotatable bonds is 6. The molecular weight excluding hydrogens is 337 g/mol. The fourth-order valence-electron chi connectivity index (χ4n) is 3.33. The Morgan fingerprint density at radius 3 is 2.92 bits per heavy atom. The molecule has 1 aromatic carbocycles. The van der Waals surface area contributed by atoms with Crippen LogP contribution in [-0.4, -0.2) is 54.4 Å². The topological polar surface area (TPSA) is 73.7 Å². The van der Waals surface area contributed by atoms with Crippen LogP contribution in [0.2, 0.25) is 0 Å². The number of anilines is 1. The van der Waals surface area contributed by atoms with Crippen molar-refractivity contribution < 1.29 is 18.7 Å². The largest absolute Gasteiger partial charge is 0.494 e. The molecule has 0 amide bonds. The molecule has 0 saturated carbocycles. The monoisotopic (exact) mass is 359 g/mol. The number of aromatic amines is 1. The van der Waals surface area contributed by atoms with Crippen molar-refractivity contribution in [1.82, 2.24) is 9.88 Å². The summed E-state index contributed by atoms with van der Waals surface area (Å²) in [6.07, 6.45) is 2.66. The summed E-state index contributed by atoms with van der Waals surface area (Å²) in [7, 11) is 0. The molecule has 3 heterocycles. The molecule has 6 nitrogen and oxygen atoms in total. The summed E-state index contributed by atoms with van der Waals surface area (Å²) in [4.78, 5) is 5.18. The molecule has 138 valence electrons. The minimum Gasteiger partial charge on any atom is -0.494 e. The van der Waals surface area contributed by atoms with Crippen LogP contribution in [0.4, 0.5) is 10.1 Å². The van der Waals surface area contributed by atoms with Crippen LogP contribution in [0, 0.1) is 5.82 Å². The number of furan rings is 1. The van der Waals surface area contributed by atoms with Gasteiger partial charge in [-0.1, -0.05) is 0 Å². The molecule has 0 atom stereocenters. The summed E-state index contributed by atoms with van der Waals surface area (Å²) in [5, 5.41) is 14.2. The van der Waals surface area contributed by atoms with Crippen LogP contribution in [-0.2, 0) is 4.74 Å². The van der Waals surface area contributed by atoms with Crippen molar-refractivity contribution in [2.24, 2.45) is 0 Å². The Balaban J connectivity index is 1.39. The molecule has 1 aliphatic heterocycles. The number of hydrogen-bond donors (Lipinski definition) is 3. The Bertz CT molecular complexity index is 883. The van der Waals surface area contributed by atoms with Crippen molar-refractivity contribution in [3.8, 4) is 17.2 Å². The Morgan fingerprint density at radius 2 is 2.08 bits per heavy atom. The van der Waals surface area contributed by atoms with Gasteiger partial charge in [-0.3, -0.25) is 4.90 Å². The number of halogens is 1. The standard InChI is InChI=1S/C19H22FN3O3/c20-13-2-3-15-16(10-13)22-19(24)18(15)17-11-14(12-26-17)21-4-1-5-23-6-8-25-9-7-23/h2-3,10-12,21-22,24H,1,4-9H2. The zero-order chi connectivity index (χ0) is 17.9. The Hall–Kier alpha value is -2.51. The number of aromatic nitrogens is 1. The van der Waals surface area contributed by atoms with Crippen molar-refractivity contribution in [1.29, 1.82) is 0 Å². The van der Waals surface area contributed by atoms with E-state index in [1.54, 1.807) is 12.3 Å². The second-order valence-electron chi connectivity index (χ2n) is 6.47. The molecular formula is C19H22FN3O3. The van der Waals surface area contributed by atoms with Gasteiger partial charge in [-0.2, -0.15) is 0 Å². The van der Waals surface area contributed by atoms with Gasteiger partial charge in [0.05, 0.1) is 30.0 Å². The van der Waals surface area contributed by atoms with Gasteiger partial charge >= 0.3 is 0 Å². The van der Waals surface area contributed by atoms with E-state index < -0.39 is 0 Å². The zero-order valence-corrected chi connectivity index (χ0v) is 14.4. The summed E-state index contributed by atoms with van der Waals surface area (Å²) in [5.41, 5.74) is 1.94. The van der Waals surface area contributed by atoms with Gasteiger partial charge in [0.1, 0.15) is 17.8 Å². The molecule has 0 unspecified atom stereocenters. The van der Waals surface area contributed by atoms with E-state index in [1.165, 1.54) is 12.1 Å². The van der Waals surface area contributed by atoms with Gasteiger partial charge in [-0.15, -0.1) is 0 Å². The SMILES string of the molecule is Oc1[nH]c2cc(F)ccc2c1-c1cc(NCCCN2CCOCC2)co1. The van der Waals surface area contributed by atoms with Crippen LogP contribution in [0.25, 0.3) is 22.2 Å². The van der Waals surface area contributed by atoms with E-state index in [-0.39, 0.29) is 11.7 Å². The Kier molecular flexibility index (Phi) is 4.81. The molecule has 0 bridgehead atoms. The van der Waals surface area contributed by atoms with Crippen LogP contribution >= 0.6 is 0 Å². The first-order valence-corrected chi connectivity index (χ1v) is 8.84. The number of hydrogen-bond acceptors (Lipinski definition) is 5. The molecule has 26 heavy (non-hydrogen) atoms. The molecule has 0 spiro atoms. The molecule has 2 aromatic heterocycles. The number of ether oxygens (including phenoxy) is 1. The Morgan fingerprint density at radius 1 is 1.23 bits per heavy atom. The molecule has 1 fully saturated rings. The number of H-pyrrole nitrogens is 1. The number of benzene rings is 1. The lowest BCUT2D eigenvalue weighted by atomic mass is 10.1. The predicted molar refractivity (Wildman–Crippen MR) is 98.0 cm³/mol. The van der Waals surface area contributed by atoms with Gasteiger partial charge in [0, 0.05) is 31.1 Å². The highest BCUT2D eigenvalue weighted by Gasteiger charge is 2.17. The molecule has 1 saturated heterocycles. The number of nitrogens with one attached hydrogen (secondary N) is 2. The summed E-state index contributed by atoms with van der Waals surface area (Å²) < 4.78 is 24.3. The average molecular weight is 359 g/mol. The van der Waals surface area contributed by atoms with Crippen molar-refractivity contribution in [2.45, 2.75) is 6.42 Å². The molecule has 7 heteroatoms. The van der Waals surface area contributed by atoms with E-state index in [4.69, 9.17) is 9.15 Å². The second kappa shape index (κ2) is 7.39. The summed E-state index contributed by atoms with van der Waals surface area (Å²) in [6.45, 7) is 5.50. The van der Waals surface area contributed by atoms with Crippen LogP contribution in [0.1, 0.15) is 6.42 Å². The fourth-order valence-corrected chi connectivity index (χ4v) is 3.33. The first-order chi connectivity index (χ1) is 12.7. The van der Waals surface area contributed by atoms with Gasteiger partial charge in [0.25, 0.3) is 0 Å². The Labute approximate surface area is 150 Å². The van der Waals surface area contributed by atoms with E-state index in [9.17, 15) is 9.50 Å². The third-order valence-electron chi connectivity index (χ3n) is 4.67. The summed E-state index contributed by atoms with van der Waals surface area (Å²) in [6, 6.07) is 6.20. The summed E-state index contributed by atoms with van der Waals surface area (Å²) >= 11 is 0. The number of fused-ring (bicyclic) bond motifs is 1. The van der Waals surface area contributed by atoms with E-state index >= 15 is 0 Å². The van der Waals surface area contributed by atoms with E-state index in [1.807, 2.05) is 6.07 Å². The average Bonchev–Trinajstić information content (AvgIpc) is 3.22. The highest BCUT2D eigenvalue weighted by atomic mass is 19.1. The maximum absolute atomic E-state index is 13.3. The second-order valence-corrected chi connectivity index (χ2v) is 6.47. The minimum atomic E-state index is -0.354. The fraction of sp³-hybridized carbons (Fsp3) is 0.368. The smallest absolute Gasteiger partial charge is 0.200 e. The summed E-state index contributed by atoms with van der Waals surface area (Å²) in [5.74, 6) is 0.155. The number of nitrogens with zero attached hydrogens (tertiary/aromatic N) is 1. The van der Waals surface area contributed by atoms with Crippen LogP contribution in [0.3, 0.4) is 0 Å². The van der Waals surface area contributed by atoms with Crippen molar-refractivity contribution in [2.75, 3.05) is 44.7 Å². The van der Waals surface area contributed by atoms with Crippen molar-refractivity contribution in [3.63, 3.8) is 0 Å². The third-order valence-corrected chi connectivity index (χ3v) is 4.67. The first kappa shape index (κ1) is 16.9. The lowest BCUT2D eigenvalue weighted by Gasteiger charge is -2.26. The van der Waals surface area contributed by atoms with Crippen molar-refractivity contribution in [3.05, 3.63) is 36.3 Å². The van der Waals surface area contributed by atoms with E-state index in [0.717, 1.165) is 56.9 Å². The normalized spacial score (nSPS) is 15.6. The maximum atomic E-state index is 13.3. The van der Waals surface area contributed by atoms with Gasteiger partial charge in [0.2, 0.25) is 5.88 Å². The van der Waals surface area contributed by atoms with Gasteiger partial charge in [-0.25, -0.2) is 4.39 Å². The van der Waals surface area contributed by atoms with Gasteiger partial charge in [0.15, 0.2) is 0 Å². The van der Waals surface area contributed by atoms with Gasteiger partial charge < -0.3 is 24.6 Å². The van der Waals surface area contributed by atoms with Crippen LogP contribution in [0.15, 0.2) is 34.9 Å². The molecule has 3 N–H and O–H groups in total. The predicted octanol–water partition coefficient (Wildman–Crippen LogP) is 3.41. The highest BCUT2D eigenvalue weighted by Crippen LogP contribution is 2.38. The molecule has 1 aliphatic rings. The minimum absolute atomic E-state index is 0.0289. The van der Waals surface area contributed by atoms with Crippen molar-refractivity contribution >= 4 is 16.6 Å². The quantitative estimate of drug-likeness (QED) is 0.588. The molecule has 3 aromatic rings. The lowest BCUT2D eigenvalue weighted by Crippen LogP contribution is -2.37.